The van der Waals surface area contributed by atoms with Crippen LogP contribution in [0.15, 0.2) is 54.6 Å². The summed E-state index contributed by atoms with van der Waals surface area (Å²) in [4.78, 5) is 37.1. The van der Waals surface area contributed by atoms with Crippen molar-refractivity contribution in [3.63, 3.8) is 0 Å². The molecule has 2 aromatic carbocycles. The molecule has 0 bridgehead atoms. The topological polar surface area (TPSA) is 87.3 Å². The van der Waals surface area contributed by atoms with Crippen LogP contribution in [-0.2, 0) is 16.0 Å². The third kappa shape index (κ3) is 6.17. The quantitative estimate of drug-likeness (QED) is 0.659. The Labute approximate surface area is 171 Å². The Kier molecular flexibility index (Phi) is 7.39. The van der Waals surface area contributed by atoms with Crippen molar-refractivity contribution in [2.75, 3.05) is 11.9 Å². The monoisotopic (exact) mass is 393 g/mol. The first-order chi connectivity index (χ1) is 14.1. The number of hydrogen-bond acceptors (Lipinski definition) is 3. The third-order valence-corrected chi connectivity index (χ3v) is 5.11. The molecule has 0 saturated heterocycles. The van der Waals surface area contributed by atoms with Crippen LogP contribution < -0.4 is 16.0 Å². The fourth-order valence-electron chi connectivity index (χ4n) is 3.53. The minimum atomic E-state index is -0.750. The van der Waals surface area contributed by atoms with Gasteiger partial charge in [-0.05, 0) is 37.0 Å². The van der Waals surface area contributed by atoms with Crippen molar-refractivity contribution in [2.45, 2.75) is 44.6 Å². The summed E-state index contributed by atoms with van der Waals surface area (Å²) in [6, 6.07) is 16.6. The molecule has 1 aliphatic rings. The predicted octanol–water partition coefficient (Wildman–Crippen LogP) is 3.05. The maximum absolute atomic E-state index is 12.6. The normalized spacial score (nSPS) is 14.1. The Hall–Kier alpha value is -3.15. The van der Waals surface area contributed by atoms with Gasteiger partial charge in [-0.15, -0.1) is 0 Å². The van der Waals surface area contributed by atoms with Gasteiger partial charge in [0.1, 0.15) is 0 Å². The van der Waals surface area contributed by atoms with E-state index in [1.165, 1.54) is 6.42 Å². The van der Waals surface area contributed by atoms with Crippen molar-refractivity contribution in [2.24, 2.45) is 0 Å². The van der Waals surface area contributed by atoms with Crippen LogP contribution in [0.5, 0.6) is 0 Å². The molecule has 0 aliphatic heterocycles. The van der Waals surface area contributed by atoms with Gasteiger partial charge in [0.05, 0.1) is 11.3 Å². The van der Waals surface area contributed by atoms with Gasteiger partial charge in [-0.25, -0.2) is 0 Å². The molecule has 6 heteroatoms. The molecule has 3 N–H and O–H groups in total. The molecule has 0 atom stereocenters. The van der Waals surface area contributed by atoms with E-state index in [0.29, 0.717) is 24.2 Å². The van der Waals surface area contributed by atoms with E-state index in [9.17, 15) is 14.4 Å². The van der Waals surface area contributed by atoms with E-state index in [1.807, 2.05) is 30.3 Å². The van der Waals surface area contributed by atoms with E-state index >= 15 is 0 Å². The summed E-state index contributed by atoms with van der Waals surface area (Å²) in [5.74, 6) is -1.69. The molecule has 0 unspecified atom stereocenters. The van der Waals surface area contributed by atoms with Crippen LogP contribution in [0.3, 0.4) is 0 Å². The van der Waals surface area contributed by atoms with Crippen LogP contribution in [-0.4, -0.2) is 30.3 Å². The first-order valence-corrected chi connectivity index (χ1v) is 10.2. The summed E-state index contributed by atoms with van der Waals surface area (Å²) in [6.45, 7) is 0.479. The Morgan fingerprint density at radius 1 is 0.828 bits per heavy atom. The smallest absolute Gasteiger partial charge is 0.313 e. The van der Waals surface area contributed by atoms with E-state index in [0.717, 1.165) is 31.2 Å². The fraction of sp³-hybridized carbons (Fsp3) is 0.348. The standard InChI is InChI=1S/C23H27N3O3/c27-21(24-16-15-17-9-3-1-4-10-17)19-13-7-8-14-20(19)26-23(29)22(28)25-18-11-5-2-6-12-18/h1,3-4,7-10,13-14,18H,2,5-6,11-12,15-16H2,(H,24,27)(H,25,28)(H,26,29). The zero-order valence-electron chi connectivity index (χ0n) is 16.4. The summed E-state index contributed by atoms with van der Waals surface area (Å²) in [5, 5.41) is 8.23. The lowest BCUT2D eigenvalue weighted by atomic mass is 9.95. The SMILES string of the molecule is O=C(Nc1ccccc1C(=O)NCCc1ccccc1)C(=O)NC1CCCCC1. The summed E-state index contributed by atoms with van der Waals surface area (Å²) < 4.78 is 0. The van der Waals surface area contributed by atoms with Crippen molar-refractivity contribution in [1.82, 2.24) is 10.6 Å². The van der Waals surface area contributed by atoms with Gasteiger partial charge in [-0.1, -0.05) is 61.7 Å². The molecule has 1 saturated carbocycles. The average molecular weight is 393 g/mol. The Morgan fingerprint density at radius 2 is 1.52 bits per heavy atom. The number of carbonyl (C=O) groups is 3. The largest absolute Gasteiger partial charge is 0.352 e. The van der Waals surface area contributed by atoms with Crippen LogP contribution in [0.4, 0.5) is 5.69 Å². The Balaban J connectivity index is 1.55. The number of rotatable bonds is 6. The van der Waals surface area contributed by atoms with E-state index < -0.39 is 11.8 Å². The molecule has 0 aromatic heterocycles. The lowest BCUT2D eigenvalue weighted by Crippen LogP contribution is -2.42. The molecule has 3 rings (SSSR count). The van der Waals surface area contributed by atoms with Gasteiger partial charge in [0.15, 0.2) is 0 Å². The highest BCUT2D eigenvalue weighted by molar-refractivity contribution is 6.40. The highest BCUT2D eigenvalue weighted by Crippen LogP contribution is 2.18. The Bertz CT molecular complexity index is 845. The number of benzene rings is 2. The lowest BCUT2D eigenvalue weighted by molar-refractivity contribution is -0.136. The molecular formula is C23H27N3O3. The van der Waals surface area contributed by atoms with Crippen molar-refractivity contribution in [3.8, 4) is 0 Å². The zero-order valence-corrected chi connectivity index (χ0v) is 16.4. The maximum Gasteiger partial charge on any atom is 0.313 e. The number of para-hydroxylation sites is 1. The molecule has 1 aliphatic carbocycles. The maximum atomic E-state index is 12.6. The minimum absolute atomic E-state index is 0.0542. The fourth-order valence-corrected chi connectivity index (χ4v) is 3.53. The molecule has 29 heavy (non-hydrogen) atoms. The molecular weight excluding hydrogens is 366 g/mol. The number of carbonyl (C=O) groups excluding carboxylic acids is 3. The van der Waals surface area contributed by atoms with Crippen LogP contribution in [0.2, 0.25) is 0 Å². The first-order valence-electron chi connectivity index (χ1n) is 10.2. The van der Waals surface area contributed by atoms with E-state index in [2.05, 4.69) is 16.0 Å². The van der Waals surface area contributed by atoms with Crippen molar-refractivity contribution in [3.05, 3.63) is 65.7 Å². The highest BCUT2D eigenvalue weighted by atomic mass is 16.2. The Morgan fingerprint density at radius 3 is 2.28 bits per heavy atom. The molecule has 1 fully saturated rings. The molecule has 3 amide bonds. The van der Waals surface area contributed by atoms with Gasteiger partial charge in [0, 0.05) is 12.6 Å². The third-order valence-electron chi connectivity index (χ3n) is 5.11. The number of amides is 3. The van der Waals surface area contributed by atoms with Gasteiger partial charge >= 0.3 is 11.8 Å². The van der Waals surface area contributed by atoms with Gasteiger partial charge in [0.25, 0.3) is 5.91 Å². The second kappa shape index (κ2) is 10.4. The minimum Gasteiger partial charge on any atom is -0.352 e. The zero-order chi connectivity index (χ0) is 20.5. The molecule has 2 aromatic rings. The van der Waals surface area contributed by atoms with Gasteiger partial charge < -0.3 is 16.0 Å². The van der Waals surface area contributed by atoms with Crippen molar-refractivity contribution in [1.29, 1.82) is 0 Å². The number of hydrogen-bond donors (Lipinski definition) is 3. The summed E-state index contributed by atoms with van der Waals surface area (Å²) >= 11 is 0. The van der Waals surface area contributed by atoms with Crippen molar-refractivity contribution >= 4 is 23.4 Å². The molecule has 0 radical (unpaired) electrons. The summed E-state index contributed by atoms with van der Waals surface area (Å²) in [5.41, 5.74) is 1.79. The molecule has 6 nitrogen and oxygen atoms in total. The van der Waals surface area contributed by atoms with Crippen LogP contribution in [0.25, 0.3) is 0 Å². The average Bonchev–Trinajstić information content (AvgIpc) is 2.75. The number of anilines is 1. The van der Waals surface area contributed by atoms with Crippen molar-refractivity contribution < 1.29 is 14.4 Å². The van der Waals surface area contributed by atoms with Gasteiger partial charge in [-0.3, -0.25) is 14.4 Å². The van der Waals surface area contributed by atoms with E-state index in [1.54, 1.807) is 24.3 Å². The second-order valence-electron chi connectivity index (χ2n) is 7.30. The summed E-state index contributed by atoms with van der Waals surface area (Å²) in [6.07, 6.45) is 5.83. The van der Waals surface area contributed by atoms with Gasteiger partial charge in [-0.2, -0.15) is 0 Å². The molecule has 0 spiro atoms. The second-order valence-corrected chi connectivity index (χ2v) is 7.30. The van der Waals surface area contributed by atoms with E-state index in [4.69, 9.17) is 0 Å². The molecule has 0 heterocycles. The number of nitrogens with one attached hydrogen (secondary N) is 3. The van der Waals surface area contributed by atoms with Crippen LogP contribution >= 0.6 is 0 Å². The lowest BCUT2D eigenvalue weighted by Gasteiger charge is -2.22. The molecule has 152 valence electrons. The van der Waals surface area contributed by atoms with Crippen LogP contribution in [0, 0.1) is 0 Å². The van der Waals surface area contributed by atoms with Gasteiger partial charge in [0.2, 0.25) is 0 Å². The first kappa shape index (κ1) is 20.6. The predicted molar refractivity (Wildman–Crippen MR) is 113 cm³/mol. The van der Waals surface area contributed by atoms with E-state index in [-0.39, 0.29) is 11.9 Å². The summed E-state index contributed by atoms with van der Waals surface area (Å²) in [7, 11) is 0. The van der Waals surface area contributed by atoms with Crippen LogP contribution in [0.1, 0.15) is 48.0 Å². The highest BCUT2D eigenvalue weighted by Gasteiger charge is 2.22.